The molecule has 0 bridgehead atoms. The second-order valence-corrected chi connectivity index (χ2v) is 28.9. The van der Waals surface area contributed by atoms with Crippen LogP contribution in [0.4, 0.5) is 50.6 Å². The van der Waals surface area contributed by atoms with Crippen LogP contribution in [-0.4, -0.2) is 88.3 Å². The van der Waals surface area contributed by atoms with E-state index >= 15 is 0 Å². The van der Waals surface area contributed by atoms with Gasteiger partial charge >= 0.3 is 126 Å². The zero-order valence-corrected chi connectivity index (χ0v) is 39.8. The normalized spacial score (nSPS) is 14.7. The first kappa shape index (κ1) is 54.2. The molecule has 0 amide bonds. The summed E-state index contributed by atoms with van der Waals surface area (Å²) in [5.74, 6) is 0. The maximum Gasteiger partial charge on any atom is 3.00 e. The maximum absolute atomic E-state index is 11.2. The van der Waals surface area contributed by atoms with E-state index in [0.29, 0.717) is 0 Å². The molecule has 0 aliphatic carbocycles. The molecular formula is C36H24F18FeN6Sb3. The molecule has 0 aliphatic heterocycles. The first-order chi connectivity index (χ1) is 28.2. The molecule has 1 radical (unpaired) electrons. The summed E-state index contributed by atoms with van der Waals surface area (Å²) in [5, 5.41) is 6.83. The number of hydrogen-bond acceptors (Lipinski definition) is 6. The molecule has 0 unspecified atom stereocenters. The molecule has 6 aromatic heterocycles. The Labute approximate surface area is 364 Å². The summed E-state index contributed by atoms with van der Waals surface area (Å²) in [6.45, 7) is 0. The first-order valence-corrected chi connectivity index (χ1v) is 34.0. The van der Waals surface area contributed by atoms with Crippen molar-refractivity contribution in [3.8, 4) is 0 Å². The summed E-state index contributed by atoms with van der Waals surface area (Å²) >= 11 is -33.8. The molecule has 0 saturated carbocycles. The molecule has 9 aromatic rings. The zero-order valence-electron chi connectivity index (χ0n) is 31.0. The minimum Gasteiger partial charge on any atom is -0.254 e. The van der Waals surface area contributed by atoms with Gasteiger partial charge < -0.3 is 0 Å². The van der Waals surface area contributed by atoms with Crippen molar-refractivity contribution in [1.82, 2.24) is 29.9 Å². The van der Waals surface area contributed by atoms with E-state index in [2.05, 4.69) is 103 Å². The third-order valence-corrected chi connectivity index (χ3v) is 7.03. The molecule has 0 N–H and O–H groups in total. The number of hydrogen-bond donors (Lipinski definition) is 0. The van der Waals surface area contributed by atoms with Crippen LogP contribution in [0.15, 0.2) is 146 Å². The number of aromatic nitrogens is 6. The largest absolute Gasteiger partial charge is 3.00 e. The van der Waals surface area contributed by atoms with Crippen molar-refractivity contribution in [3.63, 3.8) is 0 Å². The van der Waals surface area contributed by atoms with Crippen LogP contribution in [0.2, 0.25) is 0 Å². The molecule has 0 atom stereocenters. The number of halogens is 18. The van der Waals surface area contributed by atoms with Gasteiger partial charge in [0.15, 0.2) is 0 Å². The molecule has 0 saturated heterocycles. The maximum atomic E-state index is 9.93. The third kappa shape index (κ3) is 23.7. The number of nitrogens with zero attached hydrogens (tertiary/aromatic N) is 6. The number of rotatable bonds is 0. The molecule has 3 aromatic carbocycles. The Morgan fingerprint density at radius 1 is 0.219 bits per heavy atom. The van der Waals surface area contributed by atoms with Crippen LogP contribution >= 0.6 is 0 Å². The van der Waals surface area contributed by atoms with E-state index in [9.17, 15) is 50.6 Å². The fourth-order valence-corrected chi connectivity index (χ4v) is 5.04. The van der Waals surface area contributed by atoms with Gasteiger partial charge in [-0.05, 0) is 36.4 Å². The fraction of sp³-hybridized carbons (Fsp3) is 0. The minimum absolute atomic E-state index is 0. The zero-order chi connectivity index (χ0) is 47.4. The van der Waals surface area contributed by atoms with Crippen LogP contribution in [0.25, 0.3) is 65.4 Å². The Kier molecular flexibility index (Phi) is 14.6. The first-order valence-electron chi connectivity index (χ1n) is 16.6. The van der Waals surface area contributed by atoms with Gasteiger partial charge in [0.25, 0.3) is 0 Å². The van der Waals surface area contributed by atoms with Crippen molar-refractivity contribution < 1.29 is 67.7 Å². The van der Waals surface area contributed by atoms with Crippen molar-refractivity contribution in [2.24, 2.45) is 0 Å². The smallest absolute Gasteiger partial charge is 0.254 e. The van der Waals surface area contributed by atoms with E-state index in [1.54, 1.807) is 37.2 Å². The second-order valence-electron chi connectivity index (χ2n) is 12.5. The van der Waals surface area contributed by atoms with Gasteiger partial charge in [-0.25, -0.2) is 0 Å². The number of pyridine rings is 6. The Morgan fingerprint density at radius 2 is 0.328 bits per heavy atom. The molecule has 28 heteroatoms. The third-order valence-electron chi connectivity index (χ3n) is 7.03. The fourth-order valence-electron chi connectivity index (χ4n) is 5.04. The predicted octanol–water partition coefficient (Wildman–Crippen LogP) is 14.8. The van der Waals surface area contributed by atoms with Crippen LogP contribution in [0.3, 0.4) is 0 Å². The van der Waals surface area contributed by atoms with Gasteiger partial charge in [-0.2, -0.15) is 0 Å². The number of fused-ring (bicyclic) bond motifs is 9. The molecule has 0 fully saturated rings. The standard InChI is InChI=1S/3C12H8N2.18FH.Fe.3Sb/c3*1-3-9-5-6-10-4-2-8-14-12(10)11(9)13-7-1;;;;;;;;;;;;;;;;;;;;;;/h3*1-8H;18*1H;;;;/q;;;;;;;;;;;;;;;;;;;;;+3;3*+5/p-18. The van der Waals surface area contributed by atoms with E-state index in [4.69, 9.17) is 0 Å². The van der Waals surface area contributed by atoms with Crippen LogP contribution in [0.1, 0.15) is 0 Å². The predicted molar refractivity (Wildman–Crippen MR) is 208 cm³/mol. The van der Waals surface area contributed by atoms with Crippen LogP contribution in [0.5, 0.6) is 0 Å². The van der Waals surface area contributed by atoms with Gasteiger partial charge in [0.2, 0.25) is 0 Å². The molecule has 347 valence electrons. The quantitative estimate of drug-likeness (QED) is 0.0855. The van der Waals surface area contributed by atoms with Gasteiger partial charge in [-0.15, -0.1) is 0 Å². The van der Waals surface area contributed by atoms with Crippen molar-refractivity contribution in [3.05, 3.63) is 146 Å². The van der Waals surface area contributed by atoms with E-state index < -0.39 is 58.4 Å². The number of benzene rings is 3. The minimum atomic E-state index is -11.2. The summed E-state index contributed by atoms with van der Waals surface area (Å²) in [6.07, 6.45) is 10.8. The van der Waals surface area contributed by atoms with Gasteiger partial charge in [-0.3, -0.25) is 29.9 Å². The van der Waals surface area contributed by atoms with E-state index in [0.717, 1.165) is 65.4 Å². The van der Waals surface area contributed by atoms with Crippen molar-refractivity contribution >= 4 is 124 Å². The topological polar surface area (TPSA) is 77.3 Å². The molecule has 0 aliphatic rings. The van der Waals surface area contributed by atoms with Gasteiger partial charge in [0, 0.05) is 69.5 Å². The molecule has 6 heterocycles. The molecule has 64 heavy (non-hydrogen) atoms. The van der Waals surface area contributed by atoms with Gasteiger partial charge in [-0.1, -0.05) is 72.8 Å². The van der Waals surface area contributed by atoms with Crippen molar-refractivity contribution in [1.29, 1.82) is 0 Å². The molecule has 6 nitrogen and oxygen atoms in total. The Morgan fingerprint density at radius 3 is 0.438 bits per heavy atom. The molecule has 0 spiro atoms. The average molecular weight is 1300 g/mol. The van der Waals surface area contributed by atoms with Crippen LogP contribution in [0, 0.1) is 0 Å². The van der Waals surface area contributed by atoms with Crippen molar-refractivity contribution in [2.75, 3.05) is 0 Å². The SMILES string of the molecule is [F][Sb-]([F])([F])([F])([F])[F].[F][Sb-]([F])([F])([F])([F])[F].[F][Sb-]([F])([F])([F])([F])[F].[Fe+3].c1cnc2c(c1)ccc1cccnc12.c1cnc2c(c1)ccc1cccnc12.c1cnc2c(c1)ccc1cccnc12. The molecular weight excluding hydrogens is 1280 g/mol. The van der Waals surface area contributed by atoms with Gasteiger partial charge in [0.1, 0.15) is 0 Å². The van der Waals surface area contributed by atoms with E-state index in [1.165, 1.54) is 0 Å². The second kappa shape index (κ2) is 17.2. The van der Waals surface area contributed by atoms with E-state index in [1.807, 2.05) is 36.4 Å². The summed E-state index contributed by atoms with van der Waals surface area (Å²) in [5.41, 5.74) is 5.86. The Hall–Kier alpha value is -4.17. The molecule has 9 rings (SSSR count). The van der Waals surface area contributed by atoms with Crippen molar-refractivity contribution in [2.45, 2.75) is 0 Å². The van der Waals surface area contributed by atoms with Crippen LogP contribution < -0.4 is 0 Å². The Bertz CT molecular complexity index is 2550. The van der Waals surface area contributed by atoms with Crippen LogP contribution in [-0.2, 0) is 17.1 Å². The summed E-state index contributed by atoms with van der Waals surface area (Å²) in [6, 6.07) is 36.4. The summed E-state index contributed by atoms with van der Waals surface area (Å²) in [4.78, 5) is 26.1. The van der Waals surface area contributed by atoms with Gasteiger partial charge in [0.05, 0.1) is 33.1 Å². The Balaban J connectivity index is 0.000000211. The average Bonchev–Trinajstić information content (AvgIpc) is 3.15. The summed E-state index contributed by atoms with van der Waals surface area (Å²) in [7, 11) is 0. The monoisotopic (exact) mass is 1300 g/mol. The summed E-state index contributed by atoms with van der Waals surface area (Å²) < 4.78 is 179. The van der Waals surface area contributed by atoms with E-state index in [-0.39, 0.29) is 17.1 Å².